The van der Waals surface area contributed by atoms with Gasteiger partial charge in [0, 0.05) is 32.7 Å². The van der Waals surface area contributed by atoms with E-state index in [1.165, 1.54) is 21.9 Å². The average molecular weight is 412 g/mol. The quantitative estimate of drug-likeness (QED) is 0.738. The first-order valence-corrected chi connectivity index (χ1v) is 9.71. The highest BCUT2D eigenvalue weighted by molar-refractivity contribution is 5.69. The predicted molar refractivity (Wildman–Crippen MR) is 110 cm³/mol. The Morgan fingerprint density at radius 3 is 1.76 bits per heavy atom. The van der Waals surface area contributed by atoms with Crippen LogP contribution in [0.3, 0.4) is 0 Å². The minimum absolute atomic E-state index is 0.214. The van der Waals surface area contributed by atoms with Gasteiger partial charge in [-0.05, 0) is 59.2 Å². The van der Waals surface area contributed by atoms with Gasteiger partial charge in [0.15, 0.2) is 0 Å². The van der Waals surface area contributed by atoms with Crippen molar-refractivity contribution in [2.45, 2.75) is 59.3 Å². The van der Waals surface area contributed by atoms with Crippen LogP contribution in [0, 0.1) is 5.82 Å². The molecule has 2 N–H and O–H groups in total. The topological polar surface area (TPSA) is 85.1 Å². The van der Waals surface area contributed by atoms with E-state index < -0.39 is 23.4 Å². The number of benzene rings is 1. The zero-order valence-corrected chi connectivity index (χ0v) is 18.3. The molecule has 2 amide bonds. The van der Waals surface area contributed by atoms with E-state index in [4.69, 9.17) is 15.2 Å². The molecule has 1 aromatic rings. The molecule has 0 unspecified atom stereocenters. The molecule has 0 saturated carbocycles. The molecule has 7 nitrogen and oxygen atoms in total. The molecule has 0 aliphatic rings. The van der Waals surface area contributed by atoms with Crippen molar-refractivity contribution in [2.24, 2.45) is 5.73 Å². The van der Waals surface area contributed by atoms with Crippen molar-refractivity contribution < 1.29 is 23.5 Å². The Labute approximate surface area is 172 Å². The molecule has 0 fully saturated rings. The fraction of sp³-hybridized carbons (Fsp3) is 0.619. The van der Waals surface area contributed by atoms with Gasteiger partial charge in [-0.15, -0.1) is 0 Å². The molecular formula is C21H34FN3O4. The van der Waals surface area contributed by atoms with E-state index >= 15 is 0 Å². The lowest BCUT2D eigenvalue weighted by Crippen LogP contribution is -2.45. The molecule has 0 saturated heterocycles. The molecule has 8 heteroatoms. The number of ether oxygens (including phenoxy) is 2. The van der Waals surface area contributed by atoms with Crippen molar-refractivity contribution >= 4 is 12.2 Å². The van der Waals surface area contributed by atoms with Crippen LogP contribution in [0.1, 0.15) is 47.1 Å². The third-order valence-electron chi connectivity index (χ3n) is 3.63. The average Bonchev–Trinajstić information content (AvgIpc) is 2.55. The number of amides is 2. The Morgan fingerprint density at radius 1 is 0.862 bits per heavy atom. The summed E-state index contributed by atoms with van der Waals surface area (Å²) < 4.78 is 24.1. The summed E-state index contributed by atoms with van der Waals surface area (Å²) >= 11 is 0. The zero-order valence-electron chi connectivity index (χ0n) is 18.3. The number of carbonyl (C=O) groups excluding carboxylic acids is 2. The molecule has 0 aromatic heterocycles. The van der Waals surface area contributed by atoms with E-state index in [1.54, 1.807) is 53.7 Å². The van der Waals surface area contributed by atoms with E-state index in [0.29, 0.717) is 6.54 Å². The van der Waals surface area contributed by atoms with Gasteiger partial charge in [-0.25, -0.2) is 14.0 Å². The maximum Gasteiger partial charge on any atom is 0.410 e. The lowest BCUT2D eigenvalue weighted by atomic mass is 10.2. The van der Waals surface area contributed by atoms with Crippen LogP contribution >= 0.6 is 0 Å². The first-order chi connectivity index (χ1) is 13.3. The summed E-state index contributed by atoms with van der Waals surface area (Å²) in [5, 5.41) is 0. The lowest BCUT2D eigenvalue weighted by molar-refractivity contribution is 0.0127. The molecule has 1 rings (SSSR count). The normalized spacial score (nSPS) is 11.7. The molecule has 0 atom stereocenters. The van der Waals surface area contributed by atoms with Gasteiger partial charge < -0.3 is 25.0 Å². The SMILES string of the molecule is CC(C)(C)OC(=O)N(CCN)CCN(Cc1ccc(F)cc1)C(=O)OC(C)(C)C. The monoisotopic (exact) mass is 411 g/mol. The van der Waals surface area contributed by atoms with Crippen LogP contribution in [0.2, 0.25) is 0 Å². The third-order valence-corrected chi connectivity index (χ3v) is 3.63. The summed E-state index contributed by atoms with van der Waals surface area (Å²) in [6.07, 6.45) is -1.01. The van der Waals surface area contributed by atoms with Gasteiger partial charge in [0.25, 0.3) is 0 Å². The van der Waals surface area contributed by atoms with Crippen molar-refractivity contribution in [1.29, 1.82) is 0 Å². The van der Waals surface area contributed by atoms with E-state index in [1.807, 2.05) is 0 Å². The number of hydrogen-bond donors (Lipinski definition) is 1. The molecule has 0 spiro atoms. The number of nitrogens with zero attached hydrogens (tertiary/aromatic N) is 2. The van der Waals surface area contributed by atoms with E-state index in [9.17, 15) is 14.0 Å². The summed E-state index contributed by atoms with van der Waals surface area (Å²) in [5.74, 6) is -0.350. The molecule has 0 radical (unpaired) electrons. The van der Waals surface area contributed by atoms with E-state index in [0.717, 1.165) is 5.56 Å². The minimum atomic E-state index is -0.666. The van der Waals surface area contributed by atoms with Crippen LogP contribution in [-0.2, 0) is 16.0 Å². The fourth-order valence-electron chi connectivity index (χ4n) is 2.39. The fourth-order valence-corrected chi connectivity index (χ4v) is 2.39. The van der Waals surface area contributed by atoms with Gasteiger partial charge >= 0.3 is 12.2 Å². The third kappa shape index (κ3) is 10.1. The summed E-state index contributed by atoms with van der Waals surface area (Å²) in [5.41, 5.74) is 5.08. The van der Waals surface area contributed by atoms with Crippen LogP contribution in [0.5, 0.6) is 0 Å². The molecule has 1 aromatic carbocycles. The molecule has 0 aliphatic heterocycles. The number of hydrogen-bond acceptors (Lipinski definition) is 5. The maximum absolute atomic E-state index is 13.2. The van der Waals surface area contributed by atoms with E-state index in [2.05, 4.69) is 0 Å². The Balaban J connectivity index is 2.91. The second kappa shape index (κ2) is 10.4. The molecule has 0 bridgehead atoms. The first kappa shape index (κ1) is 24.7. The molecular weight excluding hydrogens is 377 g/mol. The van der Waals surface area contributed by atoms with Crippen LogP contribution in [0.15, 0.2) is 24.3 Å². The summed E-state index contributed by atoms with van der Waals surface area (Å²) in [7, 11) is 0. The van der Waals surface area contributed by atoms with Crippen molar-refractivity contribution in [3.63, 3.8) is 0 Å². The summed E-state index contributed by atoms with van der Waals surface area (Å²) in [4.78, 5) is 28.0. The van der Waals surface area contributed by atoms with Gasteiger partial charge in [-0.1, -0.05) is 12.1 Å². The Hall–Kier alpha value is -2.35. The molecule has 164 valence electrons. The number of rotatable bonds is 7. The van der Waals surface area contributed by atoms with Crippen LogP contribution in [0.4, 0.5) is 14.0 Å². The highest BCUT2D eigenvalue weighted by Crippen LogP contribution is 2.14. The minimum Gasteiger partial charge on any atom is -0.444 e. The van der Waals surface area contributed by atoms with Crippen LogP contribution in [-0.4, -0.2) is 59.4 Å². The van der Waals surface area contributed by atoms with Gasteiger partial charge in [0.2, 0.25) is 0 Å². The van der Waals surface area contributed by atoms with Gasteiger partial charge in [-0.3, -0.25) is 0 Å². The predicted octanol–water partition coefficient (Wildman–Crippen LogP) is 3.76. The Bertz CT molecular complexity index is 666. The van der Waals surface area contributed by atoms with Crippen LogP contribution < -0.4 is 5.73 Å². The standard InChI is InChI=1S/C21H34FN3O4/c1-20(2,3)28-18(26)24(12-11-23)13-14-25(19(27)29-21(4,5)6)15-16-7-9-17(22)10-8-16/h7-10H,11-15,23H2,1-6H3. The smallest absolute Gasteiger partial charge is 0.410 e. The molecule has 29 heavy (non-hydrogen) atoms. The molecule has 0 aliphatic carbocycles. The van der Waals surface area contributed by atoms with Gasteiger partial charge in [-0.2, -0.15) is 0 Å². The van der Waals surface area contributed by atoms with E-state index in [-0.39, 0.29) is 32.0 Å². The van der Waals surface area contributed by atoms with Crippen LogP contribution in [0.25, 0.3) is 0 Å². The Morgan fingerprint density at radius 2 is 1.31 bits per heavy atom. The Kier molecular flexibility index (Phi) is 8.88. The lowest BCUT2D eigenvalue weighted by Gasteiger charge is -2.31. The highest BCUT2D eigenvalue weighted by Gasteiger charge is 2.25. The second-order valence-electron chi connectivity index (χ2n) is 8.78. The van der Waals surface area contributed by atoms with Crippen molar-refractivity contribution in [2.75, 3.05) is 26.2 Å². The van der Waals surface area contributed by atoms with Gasteiger partial charge in [0.05, 0.1) is 0 Å². The highest BCUT2D eigenvalue weighted by atomic mass is 19.1. The molecule has 0 heterocycles. The van der Waals surface area contributed by atoms with Gasteiger partial charge in [0.1, 0.15) is 17.0 Å². The summed E-state index contributed by atoms with van der Waals surface area (Å²) in [6, 6.07) is 5.89. The first-order valence-electron chi connectivity index (χ1n) is 9.71. The number of nitrogens with two attached hydrogens (primary N) is 1. The van der Waals surface area contributed by atoms with Crippen molar-refractivity contribution in [1.82, 2.24) is 9.80 Å². The van der Waals surface area contributed by atoms with Crippen molar-refractivity contribution in [3.05, 3.63) is 35.6 Å². The largest absolute Gasteiger partial charge is 0.444 e. The number of halogens is 1. The number of carbonyl (C=O) groups is 2. The zero-order chi connectivity index (χ0) is 22.2. The maximum atomic E-state index is 13.2. The van der Waals surface area contributed by atoms with Crippen molar-refractivity contribution in [3.8, 4) is 0 Å². The second-order valence-corrected chi connectivity index (χ2v) is 8.78. The summed E-state index contributed by atoms with van der Waals surface area (Å²) in [6.45, 7) is 11.9.